The van der Waals surface area contributed by atoms with Crippen LogP contribution < -0.4 is 5.32 Å². The normalized spacial score (nSPS) is 18.2. The molecule has 1 amide bonds. The molecular weight excluding hydrogens is 262 g/mol. The summed E-state index contributed by atoms with van der Waals surface area (Å²) >= 11 is 1.45. The number of thiophene rings is 1. The van der Waals surface area contributed by atoms with Crippen molar-refractivity contribution >= 4 is 17.2 Å². The molecule has 0 spiro atoms. The van der Waals surface area contributed by atoms with Crippen LogP contribution in [-0.2, 0) is 4.74 Å². The molecule has 106 valence electrons. The predicted octanol–water partition coefficient (Wildman–Crippen LogP) is 1.96. The van der Waals surface area contributed by atoms with Crippen LogP contribution in [0.5, 0.6) is 0 Å². The van der Waals surface area contributed by atoms with Gasteiger partial charge in [-0.05, 0) is 49.1 Å². The minimum Gasteiger partial charge on any atom is -0.393 e. The third-order valence-corrected chi connectivity index (χ3v) is 4.54. The number of ether oxygens (including phenoxy) is 1. The highest BCUT2D eigenvalue weighted by molar-refractivity contribution is 7.12. The van der Waals surface area contributed by atoms with Crippen LogP contribution in [0.4, 0.5) is 0 Å². The Morgan fingerprint density at radius 2 is 2.32 bits per heavy atom. The quantitative estimate of drug-likeness (QED) is 0.868. The highest BCUT2D eigenvalue weighted by atomic mass is 32.1. The van der Waals surface area contributed by atoms with Gasteiger partial charge >= 0.3 is 0 Å². The Kier molecular flexibility index (Phi) is 5.36. The number of aliphatic hydroxyl groups excluding tert-OH is 1. The van der Waals surface area contributed by atoms with E-state index in [9.17, 15) is 9.90 Å². The molecule has 1 aliphatic rings. The molecule has 1 unspecified atom stereocenters. The zero-order chi connectivity index (χ0) is 13.7. The molecule has 1 aliphatic heterocycles. The molecule has 1 aromatic heterocycles. The summed E-state index contributed by atoms with van der Waals surface area (Å²) in [6.45, 7) is 3.97. The molecule has 0 saturated carbocycles. The Morgan fingerprint density at radius 3 is 2.95 bits per heavy atom. The molecule has 0 aromatic carbocycles. The molecule has 5 heteroatoms. The van der Waals surface area contributed by atoms with Crippen molar-refractivity contribution < 1.29 is 14.6 Å². The fraction of sp³-hybridized carbons (Fsp3) is 0.643. The smallest absolute Gasteiger partial charge is 0.261 e. The maximum atomic E-state index is 11.8. The second-order valence-electron chi connectivity index (χ2n) is 5.05. The number of nitrogens with one attached hydrogen (secondary N) is 1. The van der Waals surface area contributed by atoms with E-state index in [0.29, 0.717) is 18.9 Å². The Bertz CT molecular complexity index is 413. The first-order valence-electron chi connectivity index (χ1n) is 6.76. The van der Waals surface area contributed by atoms with E-state index in [4.69, 9.17) is 4.74 Å². The van der Waals surface area contributed by atoms with Crippen molar-refractivity contribution in [2.45, 2.75) is 32.3 Å². The van der Waals surface area contributed by atoms with Gasteiger partial charge in [-0.15, -0.1) is 11.3 Å². The van der Waals surface area contributed by atoms with Gasteiger partial charge in [0, 0.05) is 19.8 Å². The van der Waals surface area contributed by atoms with Gasteiger partial charge in [0.25, 0.3) is 5.91 Å². The number of amides is 1. The SMILES string of the molecule is Cc1csc(C(=O)NCCC(O)C2CCOCC2)c1. The van der Waals surface area contributed by atoms with E-state index in [2.05, 4.69) is 5.32 Å². The van der Waals surface area contributed by atoms with Gasteiger partial charge in [-0.25, -0.2) is 0 Å². The molecule has 1 fully saturated rings. The summed E-state index contributed by atoms with van der Waals surface area (Å²) in [5.74, 6) is 0.270. The number of carbonyl (C=O) groups excluding carboxylic acids is 1. The number of hydrogen-bond donors (Lipinski definition) is 2. The van der Waals surface area contributed by atoms with Crippen LogP contribution >= 0.6 is 11.3 Å². The van der Waals surface area contributed by atoms with E-state index in [1.807, 2.05) is 18.4 Å². The second-order valence-corrected chi connectivity index (χ2v) is 5.96. The summed E-state index contributed by atoms with van der Waals surface area (Å²) in [5, 5.41) is 14.9. The van der Waals surface area contributed by atoms with Crippen molar-refractivity contribution in [3.8, 4) is 0 Å². The van der Waals surface area contributed by atoms with Gasteiger partial charge in [-0.3, -0.25) is 4.79 Å². The fourth-order valence-electron chi connectivity index (χ4n) is 2.31. The Hall–Kier alpha value is -0.910. The summed E-state index contributed by atoms with van der Waals surface area (Å²) < 4.78 is 5.27. The molecule has 1 atom stereocenters. The molecule has 0 bridgehead atoms. The number of aliphatic hydroxyl groups is 1. The number of rotatable bonds is 5. The van der Waals surface area contributed by atoms with Crippen LogP contribution in [0.3, 0.4) is 0 Å². The zero-order valence-electron chi connectivity index (χ0n) is 11.2. The Labute approximate surface area is 117 Å². The van der Waals surface area contributed by atoms with Crippen molar-refractivity contribution in [3.05, 3.63) is 21.9 Å². The lowest BCUT2D eigenvalue weighted by Crippen LogP contribution is -2.32. The summed E-state index contributed by atoms with van der Waals surface area (Å²) in [4.78, 5) is 12.5. The van der Waals surface area contributed by atoms with Crippen LogP contribution in [0.25, 0.3) is 0 Å². The lowest BCUT2D eigenvalue weighted by molar-refractivity contribution is 0.00528. The van der Waals surface area contributed by atoms with Crippen LogP contribution in [0, 0.1) is 12.8 Å². The van der Waals surface area contributed by atoms with Crippen molar-refractivity contribution in [3.63, 3.8) is 0 Å². The van der Waals surface area contributed by atoms with Gasteiger partial charge in [0.15, 0.2) is 0 Å². The minimum atomic E-state index is -0.339. The predicted molar refractivity (Wildman–Crippen MR) is 75.6 cm³/mol. The summed E-state index contributed by atoms with van der Waals surface area (Å²) in [6.07, 6.45) is 2.11. The summed E-state index contributed by atoms with van der Waals surface area (Å²) in [6, 6.07) is 1.88. The van der Waals surface area contributed by atoms with Crippen LogP contribution in [-0.4, -0.2) is 36.9 Å². The van der Waals surface area contributed by atoms with Gasteiger partial charge in [-0.2, -0.15) is 0 Å². The molecule has 0 radical (unpaired) electrons. The topological polar surface area (TPSA) is 58.6 Å². The summed E-state index contributed by atoms with van der Waals surface area (Å²) in [5.41, 5.74) is 1.11. The molecule has 1 aromatic rings. The average Bonchev–Trinajstić information content (AvgIpc) is 2.86. The van der Waals surface area contributed by atoms with Gasteiger partial charge in [0.2, 0.25) is 0 Å². The maximum absolute atomic E-state index is 11.8. The Balaban J connectivity index is 1.69. The van der Waals surface area contributed by atoms with E-state index in [-0.39, 0.29) is 12.0 Å². The molecule has 2 heterocycles. The largest absolute Gasteiger partial charge is 0.393 e. The lowest BCUT2D eigenvalue weighted by atomic mass is 9.92. The third kappa shape index (κ3) is 4.30. The van der Waals surface area contributed by atoms with Crippen molar-refractivity contribution in [2.75, 3.05) is 19.8 Å². The number of hydrogen-bond acceptors (Lipinski definition) is 4. The van der Waals surface area contributed by atoms with Crippen molar-refractivity contribution in [1.29, 1.82) is 0 Å². The van der Waals surface area contributed by atoms with E-state index in [1.165, 1.54) is 11.3 Å². The third-order valence-electron chi connectivity index (χ3n) is 3.49. The van der Waals surface area contributed by atoms with Crippen LogP contribution in [0.1, 0.15) is 34.5 Å². The van der Waals surface area contributed by atoms with Gasteiger partial charge in [0.05, 0.1) is 11.0 Å². The first kappa shape index (κ1) is 14.5. The highest BCUT2D eigenvalue weighted by Crippen LogP contribution is 2.20. The van der Waals surface area contributed by atoms with Crippen LogP contribution in [0.2, 0.25) is 0 Å². The molecular formula is C14H21NO3S. The lowest BCUT2D eigenvalue weighted by Gasteiger charge is -2.26. The number of carbonyl (C=O) groups is 1. The Morgan fingerprint density at radius 1 is 1.58 bits per heavy atom. The molecule has 4 nitrogen and oxygen atoms in total. The summed E-state index contributed by atoms with van der Waals surface area (Å²) in [7, 11) is 0. The molecule has 2 N–H and O–H groups in total. The maximum Gasteiger partial charge on any atom is 0.261 e. The molecule has 2 rings (SSSR count). The monoisotopic (exact) mass is 283 g/mol. The van der Waals surface area contributed by atoms with Gasteiger partial charge in [-0.1, -0.05) is 0 Å². The van der Waals surface area contributed by atoms with Gasteiger partial charge in [0.1, 0.15) is 0 Å². The van der Waals surface area contributed by atoms with E-state index < -0.39 is 0 Å². The second kappa shape index (κ2) is 7.03. The van der Waals surface area contributed by atoms with E-state index >= 15 is 0 Å². The highest BCUT2D eigenvalue weighted by Gasteiger charge is 2.21. The van der Waals surface area contributed by atoms with E-state index in [0.717, 1.165) is 36.5 Å². The van der Waals surface area contributed by atoms with E-state index in [1.54, 1.807) is 0 Å². The molecule has 0 aliphatic carbocycles. The van der Waals surface area contributed by atoms with Crippen molar-refractivity contribution in [1.82, 2.24) is 5.32 Å². The first-order chi connectivity index (χ1) is 9.16. The fourth-order valence-corrected chi connectivity index (χ4v) is 3.12. The number of aryl methyl sites for hydroxylation is 1. The minimum absolute atomic E-state index is 0.0442. The van der Waals surface area contributed by atoms with Gasteiger partial charge < -0.3 is 15.2 Å². The zero-order valence-corrected chi connectivity index (χ0v) is 12.0. The van der Waals surface area contributed by atoms with Crippen LogP contribution in [0.15, 0.2) is 11.4 Å². The average molecular weight is 283 g/mol. The molecule has 1 saturated heterocycles. The molecule has 19 heavy (non-hydrogen) atoms. The van der Waals surface area contributed by atoms with Crippen molar-refractivity contribution in [2.24, 2.45) is 5.92 Å². The first-order valence-corrected chi connectivity index (χ1v) is 7.64. The standard InChI is InChI=1S/C14H21NO3S/c1-10-8-13(19-9-10)14(17)15-5-2-12(16)11-3-6-18-7-4-11/h8-9,11-12,16H,2-7H2,1H3,(H,15,17).